The van der Waals surface area contributed by atoms with Gasteiger partial charge in [0, 0.05) is 11.6 Å². The summed E-state index contributed by atoms with van der Waals surface area (Å²) >= 11 is 5.71. The molecule has 0 saturated heterocycles. The first-order valence-electron chi connectivity index (χ1n) is 3.85. The van der Waals surface area contributed by atoms with Crippen molar-refractivity contribution in [3.05, 3.63) is 34.9 Å². The minimum absolute atomic E-state index is 0. The number of hydrogen-bond acceptors (Lipinski definition) is 2. The van der Waals surface area contributed by atoms with Gasteiger partial charge in [0.25, 0.3) is 0 Å². The van der Waals surface area contributed by atoms with E-state index in [0.717, 1.165) is 10.6 Å². The van der Waals surface area contributed by atoms with Crippen LogP contribution in [0.2, 0.25) is 5.02 Å². The summed E-state index contributed by atoms with van der Waals surface area (Å²) in [5.74, 6) is 0. The predicted octanol–water partition coefficient (Wildman–Crippen LogP) is -1.18. The average Bonchev–Trinajstić information content (AvgIpc) is 2.09. The van der Waals surface area contributed by atoms with E-state index in [1.807, 2.05) is 24.3 Å². The number of hydrogen-bond donors (Lipinski definition) is 1. The van der Waals surface area contributed by atoms with E-state index in [-0.39, 0.29) is 12.4 Å². The molecular weight excluding hydrogens is 209 g/mol. The van der Waals surface area contributed by atoms with Crippen LogP contribution in [0.25, 0.3) is 0 Å². The van der Waals surface area contributed by atoms with Crippen LogP contribution in [-0.2, 0) is 11.3 Å². The highest BCUT2D eigenvalue weighted by Crippen LogP contribution is 2.09. The van der Waals surface area contributed by atoms with Crippen molar-refractivity contribution in [1.82, 2.24) is 0 Å². The summed E-state index contributed by atoms with van der Waals surface area (Å²) in [7, 11) is 0. The number of benzene rings is 1. The molecule has 1 aromatic carbocycles. The van der Waals surface area contributed by atoms with Crippen molar-refractivity contribution in [3.8, 4) is 0 Å². The summed E-state index contributed by atoms with van der Waals surface area (Å²) in [6.45, 7) is 1.77. The third-order valence-corrected chi connectivity index (χ3v) is 1.70. The maximum absolute atomic E-state index is 5.71. The molecule has 0 unspecified atom stereocenters. The Kier molecular flexibility index (Phi) is 7.00. The lowest BCUT2D eigenvalue weighted by molar-refractivity contribution is -0.00000290. The highest BCUT2D eigenvalue weighted by atomic mass is 35.5. The lowest BCUT2D eigenvalue weighted by Crippen LogP contribution is -3.00. The van der Waals surface area contributed by atoms with Gasteiger partial charge < -0.3 is 22.9 Å². The molecule has 0 amide bonds. The third kappa shape index (κ3) is 5.11. The van der Waals surface area contributed by atoms with Crippen LogP contribution < -0.4 is 18.1 Å². The molecule has 0 radical (unpaired) electrons. The van der Waals surface area contributed by atoms with E-state index >= 15 is 0 Å². The zero-order chi connectivity index (χ0) is 8.81. The van der Waals surface area contributed by atoms with Crippen molar-refractivity contribution in [3.63, 3.8) is 0 Å². The van der Waals surface area contributed by atoms with E-state index in [9.17, 15) is 0 Å². The zero-order valence-electron chi connectivity index (χ0n) is 7.17. The standard InChI is InChI=1S/C9H12ClNO.ClH/c10-9-3-1-8(2-4-9)7-12-6-5-11;/h1-4H,5-7,11H2;1H/p-1. The van der Waals surface area contributed by atoms with Gasteiger partial charge in [0.1, 0.15) is 0 Å². The smallest absolute Gasteiger partial charge is 0.0717 e. The maximum atomic E-state index is 5.71. The van der Waals surface area contributed by atoms with Gasteiger partial charge >= 0.3 is 0 Å². The fraction of sp³-hybridized carbons (Fsp3) is 0.333. The Morgan fingerprint density at radius 3 is 2.38 bits per heavy atom. The minimum Gasteiger partial charge on any atom is -1.00 e. The summed E-state index contributed by atoms with van der Waals surface area (Å²) in [4.78, 5) is 0. The van der Waals surface area contributed by atoms with Gasteiger partial charge in [0.15, 0.2) is 0 Å². The SMILES string of the molecule is NCCOCc1ccc(Cl)cc1.[Cl-]. The number of ether oxygens (including phenoxy) is 1. The van der Waals surface area contributed by atoms with Crippen molar-refractivity contribution in [2.45, 2.75) is 6.61 Å². The van der Waals surface area contributed by atoms with Crippen molar-refractivity contribution >= 4 is 11.6 Å². The molecule has 0 aliphatic rings. The number of rotatable bonds is 4. The monoisotopic (exact) mass is 220 g/mol. The molecule has 0 aliphatic heterocycles. The molecule has 74 valence electrons. The summed E-state index contributed by atoms with van der Waals surface area (Å²) in [5, 5.41) is 0.748. The van der Waals surface area contributed by atoms with Gasteiger partial charge in [-0.05, 0) is 17.7 Å². The lowest BCUT2D eigenvalue weighted by Gasteiger charge is -2.01. The van der Waals surface area contributed by atoms with E-state index in [0.29, 0.717) is 19.8 Å². The van der Waals surface area contributed by atoms with Crippen LogP contribution in [0.5, 0.6) is 0 Å². The molecular formula is C9H12Cl2NO-. The molecule has 13 heavy (non-hydrogen) atoms. The second-order valence-electron chi connectivity index (χ2n) is 2.47. The first-order valence-corrected chi connectivity index (χ1v) is 4.23. The Bertz CT molecular complexity index is 226. The Hall–Kier alpha value is -0.280. The second-order valence-corrected chi connectivity index (χ2v) is 2.90. The van der Waals surface area contributed by atoms with Crippen molar-refractivity contribution < 1.29 is 17.1 Å². The molecule has 1 rings (SSSR count). The van der Waals surface area contributed by atoms with E-state index in [1.165, 1.54) is 0 Å². The van der Waals surface area contributed by atoms with Gasteiger partial charge in [-0.1, -0.05) is 23.7 Å². The van der Waals surface area contributed by atoms with Crippen molar-refractivity contribution in [2.24, 2.45) is 5.73 Å². The highest BCUT2D eigenvalue weighted by Gasteiger charge is 1.91. The summed E-state index contributed by atoms with van der Waals surface area (Å²) in [5.41, 5.74) is 6.39. The highest BCUT2D eigenvalue weighted by molar-refractivity contribution is 6.30. The summed E-state index contributed by atoms with van der Waals surface area (Å²) < 4.78 is 5.24. The van der Waals surface area contributed by atoms with Crippen LogP contribution in [0.15, 0.2) is 24.3 Å². The molecule has 1 aromatic rings. The quantitative estimate of drug-likeness (QED) is 0.649. The van der Waals surface area contributed by atoms with Gasteiger partial charge in [-0.3, -0.25) is 0 Å². The van der Waals surface area contributed by atoms with E-state index in [2.05, 4.69) is 0 Å². The average molecular weight is 221 g/mol. The number of nitrogens with two attached hydrogens (primary N) is 1. The predicted molar refractivity (Wildman–Crippen MR) is 50.2 cm³/mol. The van der Waals surface area contributed by atoms with Crippen LogP contribution in [0, 0.1) is 0 Å². The zero-order valence-corrected chi connectivity index (χ0v) is 8.68. The molecule has 0 saturated carbocycles. The van der Waals surface area contributed by atoms with E-state index in [1.54, 1.807) is 0 Å². The first-order chi connectivity index (χ1) is 5.83. The Morgan fingerprint density at radius 1 is 1.23 bits per heavy atom. The van der Waals surface area contributed by atoms with Gasteiger partial charge in [-0.2, -0.15) is 0 Å². The van der Waals surface area contributed by atoms with Crippen LogP contribution in [0.4, 0.5) is 0 Å². The molecule has 0 bridgehead atoms. The van der Waals surface area contributed by atoms with Crippen LogP contribution in [0.1, 0.15) is 5.56 Å². The van der Waals surface area contributed by atoms with E-state index < -0.39 is 0 Å². The second kappa shape index (κ2) is 7.15. The lowest BCUT2D eigenvalue weighted by atomic mass is 10.2. The van der Waals surface area contributed by atoms with Crippen molar-refractivity contribution in [2.75, 3.05) is 13.2 Å². The molecule has 2 N–H and O–H groups in total. The molecule has 4 heteroatoms. The molecule has 0 spiro atoms. The largest absolute Gasteiger partial charge is 1.00 e. The van der Waals surface area contributed by atoms with Crippen LogP contribution >= 0.6 is 11.6 Å². The first kappa shape index (κ1) is 12.7. The fourth-order valence-electron chi connectivity index (χ4n) is 0.854. The van der Waals surface area contributed by atoms with Crippen LogP contribution in [-0.4, -0.2) is 13.2 Å². The summed E-state index contributed by atoms with van der Waals surface area (Å²) in [6, 6.07) is 7.59. The molecule has 0 atom stereocenters. The topological polar surface area (TPSA) is 35.2 Å². The van der Waals surface area contributed by atoms with Gasteiger partial charge in [0.2, 0.25) is 0 Å². The van der Waals surface area contributed by atoms with Crippen molar-refractivity contribution in [1.29, 1.82) is 0 Å². The third-order valence-electron chi connectivity index (χ3n) is 1.44. The Balaban J connectivity index is 0.00000144. The molecule has 2 nitrogen and oxygen atoms in total. The molecule has 0 aliphatic carbocycles. The molecule has 0 fully saturated rings. The van der Waals surface area contributed by atoms with Gasteiger partial charge in [0.05, 0.1) is 13.2 Å². The minimum atomic E-state index is 0. The van der Waals surface area contributed by atoms with Gasteiger partial charge in [-0.15, -0.1) is 0 Å². The Morgan fingerprint density at radius 2 is 1.85 bits per heavy atom. The summed E-state index contributed by atoms with van der Waals surface area (Å²) in [6.07, 6.45) is 0. The molecule has 0 heterocycles. The van der Waals surface area contributed by atoms with Crippen LogP contribution in [0.3, 0.4) is 0 Å². The number of halogens is 2. The van der Waals surface area contributed by atoms with Gasteiger partial charge in [-0.25, -0.2) is 0 Å². The fourth-order valence-corrected chi connectivity index (χ4v) is 0.980. The maximum Gasteiger partial charge on any atom is 0.0717 e. The normalized spacial score (nSPS) is 9.38. The Labute approximate surface area is 89.4 Å². The van der Waals surface area contributed by atoms with E-state index in [4.69, 9.17) is 22.1 Å². The molecule has 0 aromatic heterocycles.